The molecule has 0 unspecified atom stereocenters. The summed E-state index contributed by atoms with van der Waals surface area (Å²) in [5.41, 5.74) is 1.72. The third-order valence-electron chi connectivity index (χ3n) is 3.51. The van der Waals surface area contributed by atoms with Crippen molar-refractivity contribution < 1.29 is 14.7 Å². The summed E-state index contributed by atoms with van der Waals surface area (Å²) >= 11 is 4.67. The molecule has 1 amide bonds. The highest BCUT2D eigenvalue weighted by Crippen LogP contribution is 2.33. The van der Waals surface area contributed by atoms with Crippen LogP contribution in [0.3, 0.4) is 0 Å². The van der Waals surface area contributed by atoms with Gasteiger partial charge < -0.3 is 5.11 Å². The van der Waals surface area contributed by atoms with Crippen LogP contribution in [-0.2, 0) is 4.79 Å². The van der Waals surface area contributed by atoms with Crippen LogP contribution in [0.5, 0.6) is 0 Å². The highest BCUT2D eigenvalue weighted by Gasteiger charge is 2.30. The number of carbonyl (C=O) groups excluding carboxylic acids is 1. The van der Waals surface area contributed by atoms with E-state index in [1.807, 2.05) is 30.3 Å². The maximum Gasteiger partial charge on any atom is 0.335 e. The van der Waals surface area contributed by atoms with Crippen molar-refractivity contribution in [2.45, 2.75) is 0 Å². The predicted molar refractivity (Wildman–Crippen MR) is 103 cm³/mol. The number of carboxylic acid groups (broad SMARTS) is 1. The molecule has 0 aliphatic carbocycles. The second-order valence-corrected chi connectivity index (χ2v) is 7.20. The summed E-state index contributed by atoms with van der Waals surface area (Å²) in [6.07, 6.45) is 1.83. The van der Waals surface area contributed by atoms with Gasteiger partial charge in [-0.3, -0.25) is 9.69 Å². The quantitative estimate of drug-likeness (QED) is 0.753. The molecule has 0 bridgehead atoms. The summed E-state index contributed by atoms with van der Waals surface area (Å²) in [5.74, 6) is -1.10. The first kappa shape index (κ1) is 17.4. The Morgan fingerprint density at radius 2 is 1.80 bits per heavy atom. The average molecular weight is 417 g/mol. The number of hydrogen-bond donors (Lipinski definition) is 1. The van der Waals surface area contributed by atoms with Gasteiger partial charge in [0.2, 0.25) is 0 Å². The van der Waals surface area contributed by atoms with Crippen LogP contribution in [0.4, 0.5) is 5.69 Å². The van der Waals surface area contributed by atoms with E-state index in [0.29, 0.717) is 15.8 Å². The van der Waals surface area contributed by atoms with Crippen molar-refractivity contribution in [1.29, 1.82) is 0 Å². The van der Waals surface area contributed by atoms with Gasteiger partial charge in [-0.05, 0) is 59.8 Å². The van der Waals surface area contributed by atoms with Crippen LogP contribution in [0, 0.1) is 0 Å². The number of hydrogen-bond acceptors (Lipinski definition) is 4. The first-order valence-electron chi connectivity index (χ1n) is 7.29. The minimum absolute atomic E-state index is 0.117. The van der Waals surface area contributed by atoms with E-state index in [2.05, 4.69) is 20.9 Å². The van der Waals surface area contributed by atoms with E-state index >= 15 is 0 Å². The molecule has 0 atom stereocenters. The Labute approximate surface area is 157 Å². The van der Waals surface area contributed by atoms with Crippen LogP contribution in [0.2, 0.25) is 0 Å². The average Bonchev–Trinajstić information content (AvgIpc) is 2.85. The van der Waals surface area contributed by atoms with Gasteiger partial charge in [0.05, 0.1) is 16.2 Å². The largest absolute Gasteiger partial charge is 0.478 e. The third-order valence-corrected chi connectivity index (χ3v) is 5.10. The van der Waals surface area contributed by atoms with Gasteiger partial charge in [-0.15, -0.1) is 0 Å². The lowest BCUT2D eigenvalue weighted by Gasteiger charge is -2.07. The molecule has 3 rings (SSSR count). The van der Waals surface area contributed by atoms with E-state index in [4.69, 9.17) is 5.11 Å². The fraction of sp³-hybridized carbons (Fsp3) is 0.0556. The number of amidine groups is 1. The molecule has 7 heteroatoms. The Hall–Kier alpha value is -2.38. The summed E-state index contributed by atoms with van der Waals surface area (Å²) in [7, 11) is 1.67. The van der Waals surface area contributed by atoms with Crippen LogP contribution in [0.15, 0.2) is 62.9 Å². The second-order valence-electron chi connectivity index (χ2n) is 5.27. The van der Waals surface area contributed by atoms with Gasteiger partial charge in [-0.2, -0.15) is 0 Å². The van der Waals surface area contributed by atoms with Crippen molar-refractivity contribution in [3.63, 3.8) is 0 Å². The fourth-order valence-corrected chi connectivity index (χ4v) is 3.40. The molecule has 0 saturated carbocycles. The van der Waals surface area contributed by atoms with E-state index in [1.165, 1.54) is 28.8 Å². The van der Waals surface area contributed by atoms with Gasteiger partial charge in [0, 0.05) is 11.5 Å². The molecule has 25 heavy (non-hydrogen) atoms. The maximum absolute atomic E-state index is 12.4. The lowest BCUT2D eigenvalue weighted by molar-refractivity contribution is -0.121. The monoisotopic (exact) mass is 416 g/mol. The molecule has 5 nitrogen and oxygen atoms in total. The first-order chi connectivity index (χ1) is 11.9. The van der Waals surface area contributed by atoms with Crippen LogP contribution in [-0.4, -0.2) is 34.1 Å². The zero-order chi connectivity index (χ0) is 18.0. The SMILES string of the molecule is CN1C(=O)/C(=C/c2ccc(Br)cc2)SC1=Nc1ccc(C(=O)O)cc1. The number of amides is 1. The van der Waals surface area contributed by atoms with Crippen molar-refractivity contribution in [2.75, 3.05) is 7.05 Å². The normalized spacial score (nSPS) is 17.5. The van der Waals surface area contributed by atoms with Crippen LogP contribution >= 0.6 is 27.7 Å². The minimum atomic E-state index is -0.985. The predicted octanol–water partition coefficient (Wildman–Crippen LogP) is 4.38. The molecule has 2 aromatic rings. The highest BCUT2D eigenvalue weighted by atomic mass is 79.9. The van der Waals surface area contributed by atoms with E-state index in [-0.39, 0.29) is 11.5 Å². The Morgan fingerprint density at radius 3 is 2.40 bits per heavy atom. The van der Waals surface area contributed by atoms with Crippen molar-refractivity contribution in [2.24, 2.45) is 4.99 Å². The molecule has 1 aliphatic heterocycles. The van der Waals surface area contributed by atoms with Crippen LogP contribution in [0.1, 0.15) is 15.9 Å². The lowest BCUT2D eigenvalue weighted by Crippen LogP contribution is -2.23. The Morgan fingerprint density at radius 1 is 1.16 bits per heavy atom. The standard InChI is InChI=1S/C18H13BrN2O3S/c1-21-16(22)15(10-11-2-6-13(19)7-3-11)25-18(21)20-14-8-4-12(5-9-14)17(23)24/h2-10H,1H3,(H,23,24)/b15-10-,20-18?. The van der Waals surface area contributed by atoms with E-state index in [1.54, 1.807) is 19.2 Å². The summed E-state index contributed by atoms with van der Waals surface area (Å²) in [5, 5.41) is 9.48. The van der Waals surface area contributed by atoms with Crippen LogP contribution in [0.25, 0.3) is 6.08 Å². The molecular weight excluding hydrogens is 404 g/mol. The summed E-state index contributed by atoms with van der Waals surface area (Å²) < 4.78 is 0.976. The number of benzene rings is 2. The maximum atomic E-state index is 12.4. The molecule has 0 aromatic heterocycles. The van der Waals surface area contributed by atoms with Gasteiger partial charge in [-0.25, -0.2) is 9.79 Å². The van der Waals surface area contributed by atoms with Gasteiger partial charge >= 0.3 is 5.97 Å². The summed E-state index contributed by atoms with van der Waals surface area (Å²) in [6.45, 7) is 0. The zero-order valence-electron chi connectivity index (χ0n) is 13.1. The van der Waals surface area contributed by atoms with Crippen molar-refractivity contribution >= 4 is 56.5 Å². The van der Waals surface area contributed by atoms with Crippen molar-refractivity contribution in [3.8, 4) is 0 Å². The zero-order valence-corrected chi connectivity index (χ0v) is 15.5. The minimum Gasteiger partial charge on any atom is -0.478 e. The van der Waals surface area contributed by atoms with Gasteiger partial charge in [-0.1, -0.05) is 28.1 Å². The Bertz CT molecular complexity index is 890. The number of aromatic carboxylic acids is 1. The molecule has 1 N–H and O–H groups in total. The first-order valence-corrected chi connectivity index (χ1v) is 8.90. The lowest BCUT2D eigenvalue weighted by atomic mass is 10.2. The van der Waals surface area contributed by atoms with Crippen molar-refractivity contribution in [1.82, 2.24) is 4.90 Å². The van der Waals surface area contributed by atoms with Gasteiger partial charge in [0.25, 0.3) is 5.91 Å². The molecule has 1 saturated heterocycles. The van der Waals surface area contributed by atoms with E-state index < -0.39 is 5.97 Å². The summed E-state index contributed by atoms with van der Waals surface area (Å²) in [6, 6.07) is 13.9. The molecule has 1 heterocycles. The number of halogens is 1. The summed E-state index contributed by atoms with van der Waals surface area (Å²) in [4.78, 5) is 29.8. The molecule has 1 aliphatic rings. The molecule has 126 valence electrons. The van der Waals surface area contributed by atoms with E-state index in [9.17, 15) is 9.59 Å². The number of carbonyl (C=O) groups is 2. The molecule has 2 aromatic carbocycles. The fourth-order valence-electron chi connectivity index (χ4n) is 2.15. The van der Waals surface area contributed by atoms with Gasteiger partial charge in [0.15, 0.2) is 5.17 Å². The number of carboxylic acids is 1. The van der Waals surface area contributed by atoms with Crippen molar-refractivity contribution in [3.05, 3.63) is 69.0 Å². The number of rotatable bonds is 3. The Kier molecular flexibility index (Phi) is 5.06. The third kappa shape index (κ3) is 4.00. The van der Waals surface area contributed by atoms with Gasteiger partial charge in [0.1, 0.15) is 0 Å². The van der Waals surface area contributed by atoms with E-state index in [0.717, 1.165) is 10.0 Å². The smallest absolute Gasteiger partial charge is 0.335 e. The van der Waals surface area contributed by atoms with Crippen LogP contribution < -0.4 is 0 Å². The Balaban J connectivity index is 1.85. The number of nitrogens with zero attached hydrogens (tertiary/aromatic N) is 2. The molecule has 0 radical (unpaired) electrons. The topological polar surface area (TPSA) is 70.0 Å². The molecular formula is C18H13BrN2O3S. The number of thioether (sulfide) groups is 1. The molecule has 0 spiro atoms. The number of aliphatic imine (C=N–C) groups is 1. The molecule has 1 fully saturated rings. The number of likely N-dealkylation sites (N-methyl/N-ethyl adjacent to an activating group) is 1. The second kappa shape index (κ2) is 7.25. The highest BCUT2D eigenvalue weighted by molar-refractivity contribution is 9.10.